The number of rotatable bonds is 0. The number of carbonyl (C=O) groups excluding carboxylic acids is 1. The fourth-order valence-electron chi connectivity index (χ4n) is 1.41. The summed E-state index contributed by atoms with van der Waals surface area (Å²) < 4.78 is 39.0. The Morgan fingerprint density at radius 3 is 2.30 bits per heavy atom. The maximum absolute atomic E-state index is 11.3. The number of hydrogen-bond donors (Lipinski definition) is 1. The third kappa shape index (κ3) is 5.66. The molecule has 0 atom stereocenters. The summed E-state index contributed by atoms with van der Waals surface area (Å²) in [7, 11) is -6.00. The van der Waals surface area contributed by atoms with E-state index in [1.807, 2.05) is 24.3 Å². The second-order valence-electron chi connectivity index (χ2n) is 3.84. The maximum atomic E-state index is 11.3. The van der Waals surface area contributed by atoms with Crippen molar-refractivity contribution in [3.05, 3.63) is 46.9 Å². The van der Waals surface area contributed by atoms with Gasteiger partial charge in [0.25, 0.3) is 0 Å². The molecular formula is C11H12BF4N3O. The largest absolute Gasteiger partial charge is 0.673 e. The second kappa shape index (κ2) is 6.33. The number of benzene rings is 1. The molecule has 0 aliphatic carbocycles. The van der Waals surface area contributed by atoms with Gasteiger partial charge in [-0.3, -0.25) is 9.69 Å². The summed E-state index contributed by atoms with van der Waals surface area (Å²) in [5.41, 5.74) is 3.77. The number of para-hydroxylation sites is 1. The summed E-state index contributed by atoms with van der Waals surface area (Å²) in [6.07, 6.45) is 3.39. The van der Waals surface area contributed by atoms with Crippen LogP contribution in [0.2, 0.25) is 0 Å². The van der Waals surface area contributed by atoms with E-state index < -0.39 is 7.25 Å². The van der Waals surface area contributed by atoms with Gasteiger partial charge < -0.3 is 23.0 Å². The highest BCUT2D eigenvalue weighted by molar-refractivity contribution is 6.50. The molecule has 1 aliphatic rings. The second-order valence-corrected chi connectivity index (χ2v) is 3.84. The van der Waals surface area contributed by atoms with Crippen molar-refractivity contribution in [2.75, 3.05) is 0 Å². The zero-order valence-electron chi connectivity index (χ0n) is 10.6. The predicted molar refractivity (Wildman–Crippen MR) is 65.4 cm³/mol. The summed E-state index contributed by atoms with van der Waals surface area (Å²) in [5, 5.41) is 1.75. The molecule has 1 aromatic carbocycles. The number of halogens is 4. The van der Waals surface area contributed by atoms with E-state index >= 15 is 0 Å². The Kier molecular flexibility index (Phi) is 5.03. The standard InChI is InChI=1S/C11H11N3O.BF4/c1-8(15)14-6-9-4-2-3-5-10(9)13-11(12)7-14;2-1(3,4)5/h2-7H,12H2,1H3;/q;-1/p+1. The molecule has 9 heteroatoms. The topological polar surface area (TPSA) is 60.3 Å². The van der Waals surface area contributed by atoms with Crippen molar-refractivity contribution >= 4 is 19.4 Å². The lowest BCUT2D eigenvalue weighted by atomic mass is 10.3. The van der Waals surface area contributed by atoms with Gasteiger partial charge in [0.2, 0.25) is 11.7 Å². The van der Waals surface area contributed by atoms with E-state index in [1.165, 1.54) is 11.8 Å². The molecule has 0 saturated carbocycles. The van der Waals surface area contributed by atoms with E-state index in [0.29, 0.717) is 5.82 Å². The van der Waals surface area contributed by atoms with E-state index in [-0.39, 0.29) is 5.91 Å². The SMILES string of the molecule is CC(=O)N1C=C([NH3+])N=c2ccccc2=C1.F[B-](F)(F)F. The van der Waals surface area contributed by atoms with E-state index in [9.17, 15) is 22.1 Å². The van der Waals surface area contributed by atoms with Crippen molar-refractivity contribution in [3.63, 3.8) is 0 Å². The normalized spacial score (nSPS) is 13.7. The van der Waals surface area contributed by atoms with Crippen LogP contribution in [0.15, 0.2) is 41.3 Å². The molecule has 20 heavy (non-hydrogen) atoms. The Bertz CT molecular complexity index is 636. The third-order valence-electron chi connectivity index (χ3n) is 2.13. The minimum absolute atomic E-state index is 0.0527. The van der Waals surface area contributed by atoms with E-state index in [1.54, 1.807) is 12.4 Å². The molecule has 0 spiro atoms. The average Bonchev–Trinajstić information content (AvgIpc) is 2.44. The lowest BCUT2D eigenvalue weighted by Gasteiger charge is -2.07. The van der Waals surface area contributed by atoms with Crippen molar-refractivity contribution in [1.29, 1.82) is 0 Å². The van der Waals surface area contributed by atoms with Crippen LogP contribution in [0, 0.1) is 0 Å². The van der Waals surface area contributed by atoms with Gasteiger partial charge in [0.1, 0.15) is 0 Å². The maximum Gasteiger partial charge on any atom is 0.673 e. The molecular weight excluding hydrogens is 277 g/mol. The smallest absolute Gasteiger partial charge is 0.418 e. The minimum atomic E-state index is -6.00. The lowest BCUT2D eigenvalue weighted by Crippen LogP contribution is -2.48. The lowest BCUT2D eigenvalue weighted by molar-refractivity contribution is -0.305. The number of quaternary nitrogens is 1. The first-order valence-corrected chi connectivity index (χ1v) is 5.52. The van der Waals surface area contributed by atoms with Crippen LogP contribution in [0.5, 0.6) is 0 Å². The Balaban J connectivity index is 0.000000347. The van der Waals surface area contributed by atoms with Crippen LogP contribution in [-0.2, 0) is 4.79 Å². The first-order chi connectivity index (χ1) is 9.16. The Morgan fingerprint density at radius 2 is 1.75 bits per heavy atom. The summed E-state index contributed by atoms with van der Waals surface area (Å²) in [6, 6.07) is 7.64. The van der Waals surface area contributed by atoms with E-state index in [0.717, 1.165) is 10.6 Å². The Hall–Kier alpha value is -2.16. The molecule has 1 heterocycles. The minimum Gasteiger partial charge on any atom is -0.418 e. The third-order valence-corrected chi connectivity index (χ3v) is 2.13. The van der Waals surface area contributed by atoms with Crippen molar-refractivity contribution in [3.8, 4) is 0 Å². The number of hydrogen-bond acceptors (Lipinski definition) is 2. The quantitative estimate of drug-likeness (QED) is 0.540. The molecule has 1 aromatic rings. The molecule has 0 radical (unpaired) electrons. The van der Waals surface area contributed by atoms with E-state index in [4.69, 9.17) is 0 Å². The number of nitrogens with zero attached hydrogens (tertiary/aromatic N) is 2. The van der Waals surface area contributed by atoms with Gasteiger partial charge >= 0.3 is 7.25 Å². The summed E-state index contributed by atoms with van der Waals surface area (Å²) in [6.45, 7) is 1.51. The molecule has 0 fully saturated rings. The van der Waals surface area contributed by atoms with Gasteiger partial charge in [0, 0.05) is 18.3 Å². The van der Waals surface area contributed by atoms with Crippen molar-refractivity contribution in [2.45, 2.75) is 6.92 Å². The average molecular weight is 289 g/mol. The van der Waals surface area contributed by atoms with Crippen LogP contribution < -0.4 is 16.3 Å². The zero-order valence-corrected chi connectivity index (χ0v) is 10.6. The van der Waals surface area contributed by atoms with Gasteiger partial charge in [0.15, 0.2) is 0 Å². The Labute approximate surface area is 112 Å². The first-order valence-electron chi connectivity index (χ1n) is 5.52. The molecule has 1 aliphatic heterocycles. The highest BCUT2D eigenvalue weighted by Crippen LogP contribution is 2.06. The van der Waals surface area contributed by atoms with Crippen LogP contribution in [0.25, 0.3) is 6.20 Å². The van der Waals surface area contributed by atoms with Crippen molar-refractivity contribution < 1.29 is 27.8 Å². The van der Waals surface area contributed by atoms with Crippen molar-refractivity contribution in [2.24, 2.45) is 4.99 Å². The first kappa shape index (κ1) is 15.9. The van der Waals surface area contributed by atoms with Gasteiger partial charge in [-0.15, -0.1) is 0 Å². The molecule has 0 unspecified atom stereocenters. The number of amides is 1. The fraction of sp³-hybridized carbons (Fsp3) is 0.0909. The monoisotopic (exact) mass is 289 g/mol. The van der Waals surface area contributed by atoms with Crippen LogP contribution in [0.1, 0.15) is 6.92 Å². The van der Waals surface area contributed by atoms with Gasteiger partial charge in [0.05, 0.1) is 11.6 Å². The molecule has 4 nitrogen and oxygen atoms in total. The molecule has 0 saturated heterocycles. The van der Waals surface area contributed by atoms with Gasteiger partial charge in [-0.1, -0.05) is 18.2 Å². The molecule has 2 rings (SSSR count). The van der Waals surface area contributed by atoms with Gasteiger partial charge in [-0.2, -0.15) is 4.99 Å². The van der Waals surface area contributed by atoms with Crippen molar-refractivity contribution in [1.82, 2.24) is 4.90 Å². The van der Waals surface area contributed by atoms with E-state index in [2.05, 4.69) is 10.7 Å². The van der Waals surface area contributed by atoms with Crippen LogP contribution in [0.3, 0.4) is 0 Å². The number of fused-ring (bicyclic) bond motifs is 1. The summed E-state index contributed by atoms with van der Waals surface area (Å²) in [5.74, 6) is 0.523. The number of carbonyl (C=O) groups is 1. The predicted octanol–water partition coefficient (Wildman–Crippen LogP) is 0.247. The Morgan fingerprint density at radius 1 is 1.20 bits per heavy atom. The molecule has 0 aromatic heterocycles. The van der Waals surface area contributed by atoms with Gasteiger partial charge in [-0.25, -0.2) is 0 Å². The summed E-state index contributed by atoms with van der Waals surface area (Å²) >= 11 is 0. The molecule has 3 N–H and O–H groups in total. The zero-order chi connectivity index (χ0) is 15.3. The molecule has 1 amide bonds. The van der Waals surface area contributed by atoms with Crippen LogP contribution in [-0.4, -0.2) is 18.1 Å². The van der Waals surface area contributed by atoms with Crippen LogP contribution >= 0.6 is 0 Å². The van der Waals surface area contributed by atoms with Gasteiger partial charge in [-0.05, 0) is 6.07 Å². The molecule has 108 valence electrons. The highest BCUT2D eigenvalue weighted by atomic mass is 19.5. The van der Waals surface area contributed by atoms with Crippen LogP contribution in [0.4, 0.5) is 17.3 Å². The molecule has 0 bridgehead atoms. The fourth-order valence-corrected chi connectivity index (χ4v) is 1.41. The summed E-state index contributed by atoms with van der Waals surface area (Å²) in [4.78, 5) is 17.1. The highest BCUT2D eigenvalue weighted by Gasteiger charge is 2.20.